The van der Waals surface area contributed by atoms with E-state index in [-0.39, 0.29) is 0 Å². The van der Waals surface area contributed by atoms with Crippen LogP contribution >= 0.6 is 0 Å². The first-order chi connectivity index (χ1) is 19.4. The van der Waals surface area contributed by atoms with Gasteiger partial charge in [-0.1, -0.05) is 146 Å². The number of hydrogen-bond acceptors (Lipinski definition) is 1. The molecular formula is C38H73N. The van der Waals surface area contributed by atoms with E-state index in [1.807, 2.05) is 0 Å². The Morgan fingerprint density at radius 1 is 0.333 bits per heavy atom. The molecule has 0 rings (SSSR count). The van der Waals surface area contributed by atoms with Gasteiger partial charge in [0, 0.05) is 0 Å². The molecule has 1 nitrogen and oxygen atoms in total. The lowest BCUT2D eigenvalue weighted by atomic mass is 10.1. The van der Waals surface area contributed by atoms with E-state index in [1.54, 1.807) is 0 Å². The molecule has 0 aromatic carbocycles. The summed E-state index contributed by atoms with van der Waals surface area (Å²) in [4.78, 5) is 0. The van der Waals surface area contributed by atoms with Gasteiger partial charge in [-0.3, -0.25) is 0 Å². The smallest absolute Gasteiger partial charge is 0.00489 e. The number of unbranched alkanes of at least 4 members (excludes halogenated alkanes) is 24. The second-order valence-electron chi connectivity index (χ2n) is 12.0. The van der Waals surface area contributed by atoms with Crippen molar-refractivity contribution in [2.75, 3.05) is 13.1 Å². The molecule has 0 aliphatic rings. The second-order valence-corrected chi connectivity index (χ2v) is 12.0. The van der Waals surface area contributed by atoms with Gasteiger partial charge in [0.05, 0.1) is 0 Å². The van der Waals surface area contributed by atoms with Crippen LogP contribution in [0.1, 0.15) is 194 Å². The predicted molar refractivity (Wildman–Crippen MR) is 181 cm³/mol. The van der Waals surface area contributed by atoms with Crippen LogP contribution in [0.2, 0.25) is 0 Å². The monoisotopic (exact) mass is 544 g/mol. The van der Waals surface area contributed by atoms with E-state index in [0.717, 1.165) is 0 Å². The van der Waals surface area contributed by atoms with Gasteiger partial charge in [-0.25, -0.2) is 0 Å². The molecule has 39 heavy (non-hydrogen) atoms. The van der Waals surface area contributed by atoms with E-state index < -0.39 is 0 Å². The van der Waals surface area contributed by atoms with Crippen LogP contribution in [-0.2, 0) is 0 Å². The first-order valence-electron chi connectivity index (χ1n) is 18.0. The molecule has 0 amide bonds. The zero-order valence-corrected chi connectivity index (χ0v) is 27.2. The quantitative estimate of drug-likeness (QED) is 0.0641. The topological polar surface area (TPSA) is 12.0 Å². The van der Waals surface area contributed by atoms with Crippen LogP contribution in [0.3, 0.4) is 0 Å². The maximum atomic E-state index is 3.67. The molecule has 0 aromatic heterocycles. The Labute approximate surface area is 248 Å². The minimum absolute atomic E-state index is 1.23. The first kappa shape index (κ1) is 38.2. The molecule has 0 radical (unpaired) electrons. The molecule has 0 fully saturated rings. The van der Waals surface area contributed by atoms with E-state index in [2.05, 4.69) is 55.6 Å². The van der Waals surface area contributed by atoms with Crippen LogP contribution < -0.4 is 5.32 Å². The fraction of sp³-hybridized carbons (Fsp3) is 0.842. The van der Waals surface area contributed by atoms with Crippen molar-refractivity contribution >= 4 is 0 Å². The molecule has 0 spiro atoms. The Morgan fingerprint density at radius 3 is 0.949 bits per heavy atom. The molecule has 0 atom stereocenters. The van der Waals surface area contributed by atoms with E-state index in [4.69, 9.17) is 0 Å². The van der Waals surface area contributed by atoms with Crippen LogP contribution in [0.4, 0.5) is 0 Å². The number of rotatable bonds is 33. The van der Waals surface area contributed by atoms with Crippen molar-refractivity contribution in [3.8, 4) is 0 Å². The van der Waals surface area contributed by atoms with E-state index in [9.17, 15) is 0 Å². The Morgan fingerprint density at radius 2 is 0.615 bits per heavy atom. The SMILES string of the molecule is CC=CCCCCCCC/C=C\CCCCCCCCNCCCCCCCC/C=C\CCCCCCCC. The van der Waals surface area contributed by atoms with Gasteiger partial charge in [0.1, 0.15) is 0 Å². The standard InChI is InChI=1S/C38H73N/c1-3-5-7-9-11-13-15-17-19-21-22-24-26-28-30-32-34-36-38-39-37-35-33-31-29-27-25-23-20-18-16-14-12-10-8-6-4-2/h3,5,18,20-22,39H,4,6-17,19,23-38H2,1-2H3/b5-3?,20-18-,22-21-. The van der Waals surface area contributed by atoms with Crippen LogP contribution in [0, 0.1) is 0 Å². The van der Waals surface area contributed by atoms with Gasteiger partial charge < -0.3 is 5.32 Å². The summed E-state index contributed by atoms with van der Waals surface area (Å²) in [6, 6.07) is 0. The Balaban J connectivity index is 3.11. The lowest BCUT2D eigenvalue weighted by molar-refractivity contribution is 0.539. The molecule has 0 aliphatic carbocycles. The Bertz CT molecular complexity index is 503. The molecule has 0 saturated carbocycles. The predicted octanol–water partition coefficient (Wildman–Crippen LogP) is 13.2. The van der Waals surface area contributed by atoms with Crippen LogP contribution in [0.5, 0.6) is 0 Å². The summed E-state index contributed by atoms with van der Waals surface area (Å²) in [6.45, 7) is 6.86. The molecule has 0 heterocycles. The van der Waals surface area contributed by atoms with Gasteiger partial charge in [-0.15, -0.1) is 0 Å². The average Bonchev–Trinajstić information content (AvgIpc) is 2.95. The largest absolute Gasteiger partial charge is 0.317 e. The summed E-state index contributed by atoms with van der Waals surface area (Å²) < 4.78 is 0. The highest BCUT2D eigenvalue weighted by Crippen LogP contribution is 2.11. The molecule has 230 valence electrons. The van der Waals surface area contributed by atoms with E-state index >= 15 is 0 Å². The minimum atomic E-state index is 1.23. The summed E-state index contributed by atoms with van der Waals surface area (Å²) in [5.74, 6) is 0. The highest BCUT2D eigenvalue weighted by atomic mass is 14.8. The van der Waals surface area contributed by atoms with Gasteiger partial charge in [0.25, 0.3) is 0 Å². The Kier molecular flexibility index (Phi) is 36.4. The third-order valence-electron chi connectivity index (χ3n) is 7.98. The number of hydrogen-bond donors (Lipinski definition) is 1. The summed E-state index contributed by atoms with van der Waals surface area (Å²) in [6.07, 6.45) is 53.0. The fourth-order valence-electron chi connectivity index (χ4n) is 5.30. The third-order valence-corrected chi connectivity index (χ3v) is 7.98. The van der Waals surface area contributed by atoms with Crippen molar-refractivity contribution in [1.29, 1.82) is 0 Å². The van der Waals surface area contributed by atoms with Gasteiger partial charge in [0.15, 0.2) is 0 Å². The maximum Gasteiger partial charge on any atom is -0.00489 e. The van der Waals surface area contributed by atoms with Crippen molar-refractivity contribution in [2.24, 2.45) is 0 Å². The van der Waals surface area contributed by atoms with Gasteiger partial charge in [-0.05, 0) is 97.1 Å². The van der Waals surface area contributed by atoms with E-state index in [0.29, 0.717) is 0 Å². The van der Waals surface area contributed by atoms with Crippen LogP contribution in [-0.4, -0.2) is 13.1 Å². The van der Waals surface area contributed by atoms with E-state index in [1.165, 1.54) is 193 Å². The van der Waals surface area contributed by atoms with Crippen molar-refractivity contribution in [3.05, 3.63) is 36.5 Å². The van der Waals surface area contributed by atoms with Crippen LogP contribution in [0.25, 0.3) is 0 Å². The zero-order valence-electron chi connectivity index (χ0n) is 27.2. The third kappa shape index (κ3) is 37.2. The minimum Gasteiger partial charge on any atom is -0.317 e. The average molecular weight is 544 g/mol. The molecule has 0 aliphatic heterocycles. The Hall–Kier alpha value is -0.820. The lowest BCUT2D eigenvalue weighted by Crippen LogP contribution is -2.16. The summed E-state index contributed by atoms with van der Waals surface area (Å²) in [7, 11) is 0. The summed E-state index contributed by atoms with van der Waals surface area (Å²) in [5, 5.41) is 3.67. The molecule has 1 heteroatoms. The summed E-state index contributed by atoms with van der Waals surface area (Å²) in [5.41, 5.74) is 0. The highest BCUT2D eigenvalue weighted by molar-refractivity contribution is 4.82. The van der Waals surface area contributed by atoms with Crippen molar-refractivity contribution in [3.63, 3.8) is 0 Å². The number of allylic oxidation sites excluding steroid dienone is 6. The lowest BCUT2D eigenvalue weighted by Gasteiger charge is -2.05. The van der Waals surface area contributed by atoms with Gasteiger partial charge in [-0.2, -0.15) is 0 Å². The van der Waals surface area contributed by atoms with Gasteiger partial charge in [0.2, 0.25) is 0 Å². The fourth-order valence-corrected chi connectivity index (χ4v) is 5.30. The molecule has 0 unspecified atom stereocenters. The van der Waals surface area contributed by atoms with Crippen molar-refractivity contribution < 1.29 is 0 Å². The zero-order chi connectivity index (χ0) is 28.2. The highest BCUT2D eigenvalue weighted by Gasteiger charge is 1.94. The van der Waals surface area contributed by atoms with Crippen LogP contribution in [0.15, 0.2) is 36.5 Å². The number of nitrogens with one attached hydrogen (secondary N) is 1. The maximum absolute atomic E-state index is 3.67. The normalized spacial score (nSPS) is 12.2. The van der Waals surface area contributed by atoms with Gasteiger partial charge >= 0.3 is 0 Å². The molecule has 0 bridgehead atoms. The summed E-state index contributed by atoms with van der Waals surface area (Å²) >= 11 is 0. The second kappa shape index (κ2) is 37.2. The molecule has 1 N–H and O–H groups in total. The molecule has 0 aromatic rings. The van der Waals surface area contributed by atoms with Crippen molar-refractivity contribution in [2.45, 2.75) is 194 Å². The molecule has 0 saturated heterocycles. The van der Waals surface area contributed by atoms with Crippen molar-refractivity contribution in [1.82, 2.24) is 5.32 Å². The molecular weight excluding hydrogens is 470 g/mol. The first-order valence-corrected chi connectivity index (χ1v) is 18.0.